The third-order valence-corrected chi connectivity index (χ3v) is 4.57. The summed E-state index contributed by atoms with van der Waals surface area (Å²) in [5, 5.41) is 9.74. The smallest absolute Gasteiger partial charge is 0.244 e. The Morgan fingerprint density at radius 1 is 1.24 bits per heavy atom. The van der Waals surface area contributed by atoms with E-state index in [1.165, 1.54) is 16.3 Å². The van der Waals surface area contributed by atoms with Crippen LogP contribution < -0.4 is 5.32 Å². The predicted octanol–water partition coefficient (Wildman–Crippen LogP) is 2.53. The van der Waals surface area contributed by atoms with Crippen molar-refractivity contribution in [1.29, 1.82) is 0 Å². The number of hydrogen-bond acceptors (Lipinski definition) is 3. The number of rotatable bonds is 6. The van der Waals surface area contributed by atoms with E-state index >= 15 is 0 Å². The number of carbonyl (C=O) groups excluding carboxylic acids is 1. The molecule has 0 saturated heterocycles. The van der Waals surface area contributed by atoms with Crippen molar-refractivity contribution in [3.05, 3.63) is 66.0 Å². The van der Waals surface area contributed by atoms with Gasteiger partial charge in [-0.3, -0.25) is 9.48 Å². The Balaban J connectivity index is 1.70. The van der Waals surface area contributed by atoms with E-state index in [1.807, 2.05) is 26.4 Å². The minimum atomic E-state index is -0.369. The molecular weight excluding hydrogens is 312 g/mol. The van der Waals surface area contributed by atoms with Crippen molar-refractivity contribution in [2.75, 3.05) is 20.6 Å². The van der Waals surface area contributed by atoms with Crippen LogP contribution in [0.5, 0.6) is 0 Å². The maximum atomic E-state index is 12.8. The molecular formula is C20H24N4O. The third-order valence-electron chi connectivity index (χ3n) is 4.57. The lowest BCUT2D eigenvalue weighted by Crippen LogP contribution is -2.38. The third kappa shape index (κ3) is 3.72. The molecule has 1 atom stereocenters. The molecule has 0 aliphatic rings. The van der Waals surface area contributed by atoms with Crippen LogP contribution in [0.2, 0.25) is 0 Å². The SMILES string of the molecule is CNC(C(=O)N(C)CCc1cccc2ccccc12)c1cnn(C)c1. The van der Waals surface area contributed by atoms with Gasteiger partial charge >= 0.3 is 0 Å². The number of fused-ring (bicyclic) bond motifs is 1. The maximum absolute atomic E-state index is 12.8. The Labute approximate surface area is 148 Å². The summed E-state index contributed by atoms with van der Waals surface area (Å²) in [4.78, 5) is 14.6. The number of likely N-dealkylation sites (N-methyl/N-ethyl adjacent to an activating group) is 2. The average Bonchev–Trinajstić information content (AvgIpc) is 3.06. The molecule has 1 heterocycles. The quantitative estimate of drug-likeness (QED) is 0.752. The fourth-order valence-corrected chi connectivity index (χ4v) is 3.15. The van der Waals surface area contributed by atoms with Crippen molar-refractivity contribution in [1.82, 2.24) is 20.0 Å². The first kappa shape index (κ1) is 17.2. The predicted molar refractivity (Wildman–Crippen MR) is 100 cm³/mol. The number of nitrogens with one attached hydrogen (secondary N) is 1. The van der Waals surface area contributed by atoms with Gasteiger partial charge in [0, 0.05) is 32.4 Å². The zero-order chi connectivity index (χ0) is 17.8. The highest BCUT2D eigenvalue weighted by Gasteiger charge is 2.23. The van der Waals surface area contributed by atoms with Crippen LogP contribution in [-0.2, 0) is 18.3 Å². The molecule has 3 rings (SSSR count). The molecule has 0 fully saturated rings. The number of benzene rings is 2. The summed E-state index contributed by atoms with van der Waals surface area (Å²) < 4.78 is 1.71. The van der Waals surface area contributed by atoms with Crippen LogP contribution in [0.1, 0.15) is 17.2 Å². The van der Waals surface area contributed by atoms with Crippen molar-refractivity contribution in [2.45, 2.75) is 12.5 Å². The van der Waals surface area contributed by atoms with E-state index in [0.717, 1.165) is 12.0 Å². The highest BCUT2D eigenvalue weighted by atomic mass is 16.2. The van der Waals surface area contributed by atoms with Gasteiger partial charge in [-0.05, 0) is 29.8 Å². The molecule has 3 aromatic rings. The van der Waals surface area contributed by atoms with Crippen LogP contribution in [0.25, 0.3) is 10.8 Å². The van der Waals surface area contributed by atoms with Crippen molar-refractivity contribution >= 4 is 16.7 Å². The van der Waals surface area contributed by atoms with E-state index in [-0.39, 0.29) is 11.9 Å². The summed E-state index contributed by atoms with van der Waals surface area (Å²) in [6.07, 6.45) is 4.43. The second kappa shape index (κ2) is 7.49. The number of aromatic nitrogens is 2. The lowest BCUT2D eigenvalue weighted by atomic mass is 10.0. The number of nitrogens with zero attached hydrogens (tertiary/aromatic N) is 3. The molecule has 130 valence electrons. The van der Waals surface area contributed by atoms with Gasteiger partial charge in [0.15, 0.2) is 0 Å². The number of aryl methyl sites for hydroxylation is 1. The van der Waals surface area contributed by atoms with Gasteiger partial charge in [0.25, 0.3) is 0 Å². The van der Waals surface area contributed by atoms with Gasteiger partial charge in [0.2, 0.25) is 5.91 Å². The van der Waals surface area contributed by atoms with E-state index in [9.17, 15) is 4.79 Å². The average molecular weight is 336 g/mol. The summed E-state index contributed by atoms with van der Waals surface area (Å²) in [7, 11) is 5.51. The highest BCUT2D eigenvalue weighted by molar-refractivity contribution is 5.86. The van der Waals surface area contributed by atoms with Crippen molar-refractivity contribution in [3.63, 3.8) is 0 Å². The minimum absolute atomic E-state index is 0.0516. The second-order valence-electron chi connectivity index (χ2n) is 6.32. The Morgan fingerprint density at radius 2 is 2.00 bits per heavy atom. The lowest BCUT2D eigenvalue weighted by molar-refractivity contribution is -0.132. The standard InChI is InChI=1S/C20H24N4O/c1-21-19(17-13-22-24(3)14-17)20(25)23(2)12-11-16-9-6-8-15-7-4-5-10-18(15)16/h4-10,13-14,19,21H,11-12H2,1-3H3. The molecule has 25 heavy (non-hydrogen) atoms. The Morgan fingerprint density at radius 3 is 2.72 bits per heavy atom. The van der Waals surface area contributed by atoms with Crippen molar-refractivity contribution in [2.24, 2.45) is 7.05 Å². The molecule has 1 unspecified atom stereocenters. The van der Waals surface area contributed by atoms with E-state index < -0.39 is 0 Å². The van der Waals surface area contributed by atoms with Gasteiger partial charge in [-0.25, -0.2) is 0 Å². The Kier molecular flexibility index (Phi) is 5.14. The molecule has 0 bridgehead atoms. The molecule has 0 saturated carbocycles. The number of hydrogen-bond donors (Lipinski definition) is 1. The topological polar surface area (TPSA) is 50.2 Å². The summed E-state index contributed by atoms with van der Waals surface area (Å²) >= 11 is 0. The minimum Gasteiger partial charge on any atom is -0.344 e. The molecule has 2 aromatic carbocycles. The fraction of sp³-hybridized carbons (Fsp3) is 0.300. The molecule has 1 aromatic heterocycles. The van der Waals surface area contributed by atoms with E-state index in [0.29, 0.717) is 6.54 Å². The first-order valence-electron chi connectivity index (χ1n) is 8.47. The largest absolute Gasteiger partial charge is 0.344 e. The molecule has 0 aliphatic carbocycles. The lowest BCUT2D eigenvalue weighted by Gasteiger charge is -2.23. The van der Waals surface area contributed by atoms with E-state index in [2.05, 4.69) is 46.8 Å². The van der Waals surface area contributed by atoms with Crippen molar-refractivity contribution in [3.8, 4) is 0 Å². The van der Waals surface area contributed by atoms with Gasteiger partial charge in [-0.1, -0.05) is 42.5 Å². The molecule has 5 nitrogen and oxygen atoms in total. The van der Waals surface area contributed by atoms with Gasteiger partial charge in [0.05, 0.1) is 6.20 Å². The van der Waals surface area contributed by atoms with Crippen LogP contribution in [0.15, 0.2) is 54.9 Å². The Hall–Kier alpha value is -2.66. The second-order valence-corrected chi connectivity index (χ2v) is 6.32. The van der Waals surface area contributed by atoms with Crippen molar-refractivity contribution < 1.29 is 4.79 Å². The zero-order valence-corrected chi connectivity index (χ0v) is 14.9. The molecule has 5 heteroatoms. The molecule has 1 amide bonds. The molecule has 0 spiro atoms. The van der Waals surface area contributed by atoms with Gasteiger partial charge in [0.1, 0.15) is 6.04 Å². The van der Waals surface area contributed by atoms with Crippen LogP contribution in [0.4, 0.5) is 0 Å². The first-order valence-corrected chi connectivity index (χ1v) is 8.47. The normalized spacial score (nSPS) is 12.3. The monoisotopic (exact) mass is 336 g/mol. The fourth-order valence-electron chi connectivity index (χ4n) is 3.15. The summed E-state index contributed by atoms with van der Waals surface area (Å²) in [6, 6.07) is 14.3. The van der Waals surface area contributed by atoms with E-state index in [1.54, 1.807) is 22.8 Å². The molecule has 1 N–H and O–H groups in total. The molecule has 0 aliphatic heterocycles. The van der Waals surface area contributed by atoms with Gasteiger partial charge in [-0.15, -0.1) is 0 Å². The first-order chi connectivity index (χ1) is 12.1. The van der Waals surface area contributed by atoms with Gasteiger partial charge < -0.3 is 10.2 Å². The molecule has 0 radical (unpaired) electrons. The van der Waals surface area contributed by atoms with Gasteiger partial charge in [-0.2, -0.15) is 5.10 Å². The zero-order valence-electron chi connectivity index (χ0n) is 14.9. The Bertz CT molecular complexity index is 866. The van der Waals surface area contributed by atoms with Crippen LogP contribution in [-0.4, -0.2) is 41.2 Å². The van der Waals surface area contributed by atoms with Crippen LogP contribution in [0, 0.1) is 0 Å². The van der Waals surface area contributed by atoms with E-state index in [4.69, 9.17) is 0 Å². The summed E-state index contributed by atoms with van der Waals surface area (Å²) in [5.74, 6) is 0.0516. The highest BCUT2D eigenvalue weighted by Crippen LogP contribution is 2.20. The number of amides is 1. The van der Waals surface area contributed by atoms with Crippen LogP contribution in [0.3, 0.4) is 0 Å². The number of carbonyl (C=O) groups is 1. The van der Waals surface area contributed by atoms with Crippen LogP contribution >= 0.6 is 0 Å². The maximum Gasteiger partial charge on any atom is 0.244 e. The summed E-state index contributed by atoms with van der Waals surface area (Å²) in [6.45, 7) is 0.672. The summed E-state index contributed by atoms with van der Waals surface area (Å²) in [5.41, 5.74) is 2.15.